The Morgan fingerprint density at radius 3 is 2.78 bits per heavy atom. The minimum absolute atomic E-state index is 0.00720. The van der Waals surface area contributed by atoms with Gasteiger partial charge in [0.05, 0.1) is 12.2 Å². The molecule has 1 saturated heterocycles. The van der Waals surface area contributed by atoms with Crippen molar-refractivity contribution in [3.63, 3.8) is 0 Å². The number of amides is 2. The molecule has 0 unspecified atom stereocenters. The molecule has 1 aliphatic heterocycles. The van der Waals surface area contributed by atoms with E-state index in [1.165, 1.54) is 11.1 Å². The first-order chi connectivity index (χ1) is 11.1. The van der Waals surface area contributed by atoms with Crippen LogP contribution in [0.1, 0.15) is 37.3 Å². The van der Waals surface area contributed by atoms with Crippen LogP contribution in [0.5, 0.6) is 0 Å². The molecule has 1 spiro atoms. The Kier molecular flexibility index (Phi) is 4.94. The molecule has 5 nitrogen and oxygen atoms in total. The first-order valence-electron chi connectivity index (χ1n) is 8.41. The lowest BCUT2D eigenvalue weighted by Crippen LogP contribution is -2.63. The zero-order chi connectivity index (χ0) is 16.4. The minimum Gasteiger partial charge on any atom is -0.392 e. The number of urea groups is 1. The van der Waals surface area contributed by atoms with Crippen molar-refractivity contribution in [3.05, 3.63) is 21.9 Å². The SMILES string of the molecule is CCO[C@H]1C[C@H](O)C12CCN(C(=O)NCc1cscc1C)CC2. The largest absolute Gasteiger partial charge is 0.392 e. The molecule has 128 valence electrons. The molecule has 2 atom stereocenters. The third-order valence-corrected chi connectivity index (χ3v) is 6.39. The van der Waals surface area contributed by atoms with Crippen LogP contribution < -0.4 is 5.32 Å². The molecule has 2 heterocycles. The Bertz CT molecular complexity index is 550. The van der Waals surface area contributed by atoms with E-state index in [9.17, 15) is 9.90 Å². The Morgan fingerprint density at radius 1 is 1.48 bits per heavy atom. The number of aliphatic hydroxyl groups is 1. The molecule has 2 N–H and O–H groups in total. The Hall–Kier alpha value is -1.11. The molecule has 1 aliphatic carbocycles. The van der Waals surface area contributed by atoms with Gasteiger partial charge in [0, 0.05) is 38.1 Å². The highest BCUT2D eigenvalue weighted by Crippen LogP contribution is 2.50. The smallest absolute Gasteiger partial charge is 0.317 e. The number of rotatable bonds is 4. The second-order valence-corrected chi connectivity index (χ2v) is 7.40. The van der Waals surface area contributed by atoms with Crippen LogP contribution in [-0.2, 0) is 11.3 Å². The summed E-state index contributed by atoms with van der Waals surface area (Å²) in [6.07, 6.45) is 2.25. The summed E-state index contributed by atoms with van der Waals surface area (Å²) in [5.74, 6) is 0. The van der Waals surface area contributed by atoms with Crippen LogP contribution in [0.15, 0.2) is 10.8 Å². The molecule has 0 bridgehead atoms. The number of hydrogen-bond donors (Lipinski definition) is 2. The topological polar surface area (TPSA) is 61.8 Å². The zero-order valence-electron chi connectivity index (χ0n) is 13.9. The summed E-state index contributed by atoms with van der Waals surface area (Å²) in [4.78, 5) is 14.2. The molecule has 2 aliphatic rings. The van der Waals surface area contributed by atoms with Gasteiger partial charge in [0.15, 0.2) is 0 Å². The van der Waals surface area contributed by atoms with Crippen molar-refractivity contribution < 1.29 is 14.6 Å². The second kappa shape index (κ2) is 6.79. The van der Waals surface area contributed by atoms with Gasteiger partial charge in [0.2, 0.25) is 0 Å². The van der Waals surface area contributed by atoms with Crippen molar-refractivity contribution in [2.45, 2.75) is 51.9 Å². The molecule has 0 radical (unpaired) electrons. The fraction of sp³-hybridized carbons (Fsp3) is 0.706. The van der Waals surface area contributed by atoms with Gasteiger partial charge in [-0.15, -0.1) is 0 Å². The average Bonchev–Trinajstić information content (AvgIpc) is 2.98. The van der Waals surface area contributed by atoms with Crippen molar-refractivity contribution in [3.8, 4) is 0 Å². The molecule has 0 aromatic carbocycles. The van der Waals surface area contributed by atoms with Gasteiger partial charge in [-0.3, -0.25) is 0 Å². The van der Waals surface area contributed by atoms with Crippen LogP contribution in [0.4, 0.5) is 4.79 Å². The number of ether oxygens (including phenoxy) is 1. The van der Waals surface area contributed by atoms with Crippen LogP contribution in [0.3, 0.4) is 0 Å². The first kappa shape index (κ1) is 16.7. The van der Waals surface area contributed by atoms with Gasteiger partial charge in [-0.2, -0.15) is 11.3 Å². The zero-order valence-corrected chi connectivity index (χ0v) is 14.7. The molecule has 1 aromatic heterocycles. The highest BCUT2D eigenvalue weighted by Gasteiger charge is 2.56. The fourth-order valence-electron chi connectivity index (χ4n) is 3.79. The van der Waals surface area contributed by atoms with Crippen molar-refractivity contribution in [1.29, 1.82) is 0 Å². The van der Waals surface area contributed by atoms with E-state index in [0.717, 1.165) is 19.3 Å². The lowest BCUT2D eigenvalue weighted by Gasteiger charge is -2.56. The van der Waals surface area contributed by atoms with E-state index in [0.29, 0.717) is 26.2 Å². The summed E-state index contributed by atoms with van der Waals surface area (Å²) >= 11 is 1.66. The lowest BCUT2D eigenvalue weighted by molar-refractivity contribution is -0.207. The lowest BCUT2D eigenvalue weighted by atomic mass is 9.58. The number of carbonyl (C=O) groups excluding carboxylic acids is 1. The summed E-state index contributed by atoms with van der Waals surface area (Å²) < 4.78 is 5.77. The molecular weight excluding hydrogens is 312 g/mol. The van der Waals surface area contributed by atoms with Crippen molar-refractivity contribution in [2.75, 3.05) is 19.7 Å². The minimum atomic E-state index is -0.280. The van der Waals surface area contributed by atoms with E-state index in [1.54, 1.807) is 11.3 Å². The van der Waals surface area contributed by atoms with E-state index < -0.39 is 0 Å². The number of aryl methyl sites for hydroxylation is 1. The maximum atomic E-state index is 12.3. The number of nitrogens with zero attached hydrogens (tertiary/aromatic N) is 1. The molecule has 2 amide bonds. The summed E-state index contributed by atoms with van der Waals surface area (Å²) in [6, 6.07) is -0.00720. The van der Waals surface area contributed by atoms with Crippen LogP contribution >= 0.6 is 11.3 Å². The van der Waals surface area contributed by atoms with Gasteiger partial charge in [-0.05, 0) is 48.6 Å². The molecule has 3 rings (SSSR count). The fourth-order valence-corrected chi connectivity index (χ4v) is 4.65. The molecule has 1 aromatic rings. The summed E-state index contributed by atoms with van der Waals surface area (Å²) in [6.45, 7) is 6.70. The summed E-state index contributed by atoms with van der Waals surface area (Å²) in [7, 11) is 0. The third-order valence-electron chi connectivity index (χ3n) is 5.48. The van der Waals surface area contributed by atoms with Crippen LogP contribution in [0.2, 0.25) is 0 Å². The average molecular weight is 338 g/mol. The van der Waals surface area contributed by atoms with Gasteiger partial charge < -0.3 is 20.1 Å². The van der Waals surface area contributed by atoms with E-state index >= 15 is 0 Å². The molecular formula is C17H26N2O3S. The maximum Gasteiger partial charge on any atom is 0.317 e. The molecule has 1 saturated carbocycles. The van der Waals surface area contributed by atoms with Gasteiger partial charge >= 0.3 is 6.03 Å². The van der Waals surface area contributed by atoms with Crippen molar-refractivity contribution in [2.24, 2.45) is 5.41 Å². The highest BCUT2D eigenvalue weighted by atomic mass is 32.1. The van der Waals surface area contributed by atoms with Crippen molar-refractivity contribution in [1.82, 2.24) is 10.2 Å². The van der Waals surface area contributed by atoms with E-state index in [1.807, 2.05) is 11.8 Å². The van der Waals surface area contributed by atoms with E-state index in [4.69, 9.17) is 4.74 Å². The molecule has 6 heteroatoms. The summed E-state index contributed by atoms with van der Waals surface area (Å²) in [5.41, 5.74) is 2.28. The van der Waals surface area contributed by atoms with E-state index in [2.05, 4.69) is 23.0 Å². The van der Waals surface area contributed by atoms with Gasteiger partial charge in [-0.1, -0.05) is 0 Å². The number of carbonyl (C=O) groups is 1. The Balaban J connectivity index is 1.50. The number of thiophene rings is 1. The van der Waals surface area contributed by atoms with Gasteiger partial charge in [0.1, 0.15) is 0 Å². The Morgan fingerprint density at radius 2 is 2.22 bits per heavy atom. The number of aliphatic hydroxyl groups excluding tert-OH is 1. The number of likely N-dealkylation sites (tertiary alicyclic amines) is 1. The first-order valence-corrected chi connectivity index (χ1v) is 9.35. The Labute approximate surface area is 141 Å². The van der Waals surface area contributed by atoms with Crippen LogP contribution in [0.25, 0.3) is 0 Å². The molecule has 2 fully saturated rings. The van der Waals surface area contributed by atoms with Crippen LogP contribution in [0, 0.1) is 12.3 Å². The quantitative estimate of drug-likeness (QED) is 0.887. The van der Waals surface area contributed by atoms with Gasteiger partial charge in [-0.25, -0.2) is 4.79 Å². The predicted molar refractivity (Wildman–Crippen MR) is 90.6 cm³/mol. The van der Waals surface area contributed by atoms with Crippen LogP contribution in [-0.4, -0.2) is 47.9 Å². The molecule has 23 heavy (non-hydrogen) atoms. The highest BCUT2D eigenvalue weighted by molar-refractivity contribution is 7.08. The summed E-state index contributed by atoms with van der Waals surface area (Å²) in [5, 5.41) is 17.4. The predicted octanol–water partition coefficient (Wildman–Crippen LogP) is 2.52. The maximum absolute atomic E-state index is 12.3. The monoisotopic (exact) mass is 338 g/mol. The standard InChI is InChI=1S/C17H26N2O3S/c1-3-22-15-8-14(20)17(15)4-6-19(7-5-17)16(21)18-9-13-11-23-10-12(13)2/h10-11,14-15,20H,3-9H2,1-2H3,(H,18,21)/t14-,15-/m0/s1. The number of piperidine rings is 1. The number of nitrogens with one attached hydrogen (secondary N) is 1. The normalized spacial score (nSPS) is 26.1. The van der Waals surface area contributed by atoms with Gasteiger partial charge in [0.25, 0.3) is 0 Å². The van der Waals surface area contributed by atoms with E-state index in [-0.39, 0.29) is 23.7 Å². The van der Waals surface area contributed by atoms with Crippen molar-refractivity contribution >= 4 is 17.4 Å². The third kappa shape index (κ3) is 3.12. The second-order valence-electron chi connectivity index (χ2n) is 6.65. The number of hydrogen-bond acceptors (Lipinski definition) is 4.